The number of likely N-dealkylation sites (N-methyl/N-ethyl adjacent to an activating group) is 6. The lowest BCUT2D eigenvalue weighted by Crippen LogP contribution is -2.47. The van der Waals surface area contributed by atoms with E-state index in [-0.39, 0.29) is 82.5 Å². The van der Waals surface area contributed by atoms with Crippen LogP contribution in [0.1, 0.15) is 60.1 Å². The average Bonchev–Trinajstić information content (AvgIpc) is 1.69. The molecule has 6 unspecified atom stereocenters. The van der Waals surface area contributed by atoms with Crippen LogP contribution in [0.5, 0.6) is 0 Å². The highest BCUT2D eigenvalue weighted by Gasteiger charge is 2.34. The number of oxazole rings is 1. The number of hydrogen-bond donors (Lipinski definition) is 6. The van der Waals surface area contributed by atoms with Gasteiger partial charge in [0, 0.05) is 81.2 Å². The molecule has 0 radical (unpaired) electrons. The van der Waals surface area contributed by atoms with E-state index in [0.717, 1.165) is 14.9 Å². The van der Waals surface area contributed by atoms with E-state index in [4.69, 9.17) is 37.3 Å². The summed E-state index contributed by atoms with van der Waals surface area (Å²) < 4.78 is 42.8. The molecular formula is C68H106N18O14S2. The molecule has 4 aromatic heterocycles. The van der Waals surface area contributed by atoms with Crippen LogP contribution in [-0.2, 0) is 83.4 Å². The Labute approximate surface area is 606 Å². The maximum Gasteiger partial charge on any atom is 0.242 e. The fourth-order valence-electron chi connectivity index (χ4n) is 11.4. The zero-order valence-corrected chi connectivity index (χ0v) is 62.7. The van der Waals surface area contributed by atoms with Gasteiger partial charge < -0.3 is 98.6 Å². The largest absolute Gasteiger partial charge is 0.444 e. The quantitative estimate of drug-likeness (QED) is 0.0800. The Hall–Kier alpha value is -7.16. The first-order chi connectivity index (χ1) is 49.1. The zero-order valence-electron chi connectivity index (χ0n) is 61.1. The van der Waals surface area contributed by atoms with Gasteiger partial charge >= 0.3 is 0 Å². The standard InChI is InChI=1S/2C14H22N2O2.C11H17N3O3.C11H17N3O2S.C9H14N4O3.C9H14N4O2S/c1-14(2)5-4-11(8-14)9-16-6-7-18-10-12(15-3)13(16)17;1-14(2)6-4-5-11(14)9-16-7-8-18-10-12(15-3)13(16)17;2*1-8-13-5-9(17-8)6-14-3-4-16-7-10(12-2)11(14)15;2*1-10-7-5-15-3-2-13(9(7)14)4-8-12-11-6-16-8/h4-5,8,12,15H,6-7,9-10H2,1-3H3;4-6,12,15H,7-10H2,1-3H3;2*5,10,12H,3-4,6-7H2,1-2H3;2*6-7,10H,2-5H2,1H3. The van der Waals surface area contributed by atoms with E-state index in [1.54, 1.807) is 87.0 Å². The van der Waals surface area contributed by atoms with Crippen molar-refractivity contribution in [3.8, 4) is 0 Å². The molecule has 2 aliphatic carbocycles. The topological polar surface area (TPSA) is 353 Å². The van der Waals surface area contributed by atoms with Gasteiger partial charge in [-0.05, 0) is 60.4 Å². The highest BCUT2D eigenvalue weighted by Crippen LogP contribution is 2.33. The molecule has 34 heteroatoms. The summed E-state index contributed by atoms with van der Waals surface area (Å²) in [6.45, 7) is 25.6. The molecule has 6 N–H and O–H groups in total. The van der Waals surface area contributed by atoms with Gasteiger partial charge in [-0.2, -0.15) is 0 Å². The number of allylic oxidation sites excluding steroid dienone is 5. The van der Waals surface area contributed by atoms with Gasteiger partial charge in [0.05, 0.1) is 117 Å². The molecule has 32 nitrogen and oxygen atoms in total. The molecule has 6 aliphatic heterocycles. The molecule has 4 aromatic rings. The third-order valence-corrected chi connectivity index (χ3v) is 19.2. The molecule has 0 saturated carbocycles. The molecule has 12 rings (SSSR count). The number of carbonyl (C=O) groups is 6. The lowest BCUT2D eigenvalue weighted by atomic mass is 9.87. The smallest absolute Gasteiger partial charge is 0.242 e. The summed E-state index contributed by atoms with van der Waals surface area (Å²) in [7, 11) is 10.6. The fraction of sp³-hybridized carbons (Fsp3) is 0.647. The van der Waals surface area contributed by atoms with Crippen LogP contribution in [0.3, 0.4) is 0 Å². The van der Waals surface area contributed by atoms with Crippen LogP contribution in [0.15, 0.2) is 80.7 Å². The zero-order chi connectivity index (χ0) is 73.6. The minimum absolute atomic E-state index is 0.00167. The van der Waals surface area contributed by atoms with E-state index in [1.165, 1.54) is 28.9 Å². The number of hydrogen-bond acceptors (Lipinski definition) is 28. The van der Waals surface area contributed by atoms with Crippen molar-refractivity contribution in [1.82, 2.24) is 91.7 Å². The number of nitrogens with zero attached hydrogens (tertiary/aromatic N) is 12. The van der Waals surface area contributed by atoms with Gasteiger partial charge in [0.25, 0.3) is 0 Å². The molecule has 6 amide bonds. The third-order valence-electron chi connectivity index (χ3n) is 17.6. The molecular weight excluding hydrogens is 1360 g/mol. The second-order valence-electron chi connectivity index (χ2n) is 26.1. The number of thiazole rings is 1. The number of amides is 6. The molecule has 6 saturated heterocycles. The van der Waals surface area contributed by atoms with Crippen LogP contribution in [0.4, 0.5) is 0 Å². The van der Waals surface area contributed by atoms with Gasteiger partial charge in [0.1, 0.15) is 52.5 Å². The maximum atomic E-state index is 12.3. The first-order valence-electron chi connectivity index (χ1n) is 34.4. The highest BCUT2D eigenvalue weighted by atomic mass is 32.1. The summed E-state index contributed by atoms with van der Waals surface area (Å²) in [4.78, 5) is 93.0. The van der Waals surface area contributed by atoms with Crippen molar-refractivity contribution < 1.29 is 66.0 Å². The molecule has 6 fully saturated rings. The van der Waals surface area contributed by atoms with E-state index in [9.17, 15) is 28.8 Å². The Kier molecular flexibility index (Phi) is 33.8. The SMILES string of the molecule is CNC1COCCN(CC2=CC(C)(C)C=C2)C1=O.CNC1COCCN(CC2=CC=CC2(C)C)C1=O.CNC1COCCN(Cc2cnc(C)o2)C1=O.CNC1COCCN(Cc2cnc(C)s2)C1=O.CNC1COCCN(Cc2nnco2)C1=O.CNC1COCCN(Cc2nncs2)C1=O. The Morgan fingerprint density at radius 1 is 0.500 bits per heavy atom. The van der Waals surface area contributed by atoms with Crippen molar-refractivity contribution in [2.75, 3.05) is 174 Å². The monoisotopic (exact) mass is 1460 g/mol. The molecule has 10 heterocycles. The number of carbonyl (C=O) groups excluding carboxylic acids is 6. The van der Waals surface area contributed by atoms with Crippen LogP contribution >= 0.6 is 22.7 Å². The van der Waals surface area contributed by atoms with Gasteiger partial charge in [-0.1, -0.05) is 64.2 Å². The Morgan fingerprint density at radius 2 is 0.931 bits per heavy atom. The second kappa shape index (κ2) is 42.0. The Balaban J connectivity index is 0.000000172. The summed E-state index contributed by atoms with van der Waals surface area (Å²) in [5.74, 6) is 2.23. The second-order valence-corrected chi connectivity index (χ2v) is 28.3. The lowest BCUT2D eigenvalue weighted by Gasteiger charge is -2.29. The third kappa shape index (κ3) is 25.6. The number of rotatable bonds is 18. The first-order valence-corrected chi connectivity index (χ1v) is 36.1. The van der Waals surface area contributed by atoms with Crippen molar-refractivity contribution >= 4 is 58.1 Å². The fourth-order valence-corrected chi connectivity index (χ4v) is 12.8. The number of nitrogens with one attached hydrogen (secondary N) is 6. The average molecular weight is 1460 g/mol. The highest BCUT2D eigenvalue weighted by molar-refractivity contribution is 7.11. The van der Waals surface area contributed by atoms with Crippen molar-refractivity contribution in [1.29, 1.82) is 0 Å². The van der Waals surface area contributed by atoms with Crippen molar-refractivity contribution in [2.45, 2.75) is 104 Å². The van der Waals surface area contributed by atoms with Crippen molar-refractivity contribution in [3.05, 3.63) is 104 Å². The van der Waals surface area contributed by atoms with E-state index in [0.29, 0.717) is 175 Å². The molecule has 8 aliphatic rings. The molecule has 6 atom stereocenters. The van der Waals surface area contributed by atoms with Gasteiger partial charge in [-0.3, -0.25) is 28.8 Å². The molecule has 0 aromatic carbocycles. The molecule has 102 heavy (non-hydrogen) atoms. The predicted octanol–water partition coefficient (Wildman–Crippen LogP) is 0.741. The van der Waals surface area contributed by atoms with Crippen molar-refractivity contribution in [3.63, 3.8) is 0 Å². The van der Waals surface area contributed by atoms with Crippen LogP contribution < -0.4 is 31.9 Å². The Morgan fingerprint density at radius 3 is 1.28 bits per heavy atom. The summed E-state index contributed by atoms with van der Waals surface area (Å²) in [6, 6.07) is -1.49. The van der Waals surface area contributed by atoms with Gasteiger partial charge in [-0.15, -0.1) is 43.1 Å². The summed E-state index contributed by atoms with van der Waals surface area (Å²) in [6.07, 6.45) is 17.6. The van der Waals surface area contributed by atoms with E-state index < -0.39 is 0 Å². The maximum absolute atomic E-state index is 12.3. The Bertz CT molecular complexity index is 3220. The molecule has 0 spiro atoms. The number of aryl methyl sites for hydroxylation is 2. The van der Waals surface area contributed by atoms with Crippen LogP contribution in [0.25, 0.3) is 0 Å². The predicted molar refractivity (Wildman–Crippen MR) is 381 cm³/mol. The van der Waals surface area contributed by atoms with Crippen LogP contribution in [-0.4, -0.2) is 305 Å². The number of aromatic nitrogens is 6. The van der Waals surface area contributed by atoms with Crippen LogP contribution in [0, 0.1) is 24.7 Å². The van der Waals surface area contributed by atoms with E-state index >= 15 is 0 Å². The summed E-state index contributed by atoms with van der Waals surface area (Å²) in [5.41, 5.74) is 4.34. The summed E-state index contributed by atoms with van der Waals surface area (Å²) in [5, 5.41) is 34.8. The number of ether oxygens (including phenoxy) is 6. The van der Waals surface area contributed by atoms with E-state index in [1.807, 2.05) is 27.8 Å². The lowest BCUT2D eigenvalue weighted by molar-refractivity contribution is -0.134. The van der Waals surface area contributed by atoms with Crippen LogP contribution in [0.2, 0.25) is 0 Å². The molecule has 0 bridgehead atoms. The normalized spacial score (nSPS) is 23.8. The van der Waals surface area contributed by atoms with Crippen molar-refractivity contribution in [2.24, 2.45) is 10.8 Å². The first kappa shape index (κ1) is 82.1. The minimum Gasteiger partial charge on any atom is -0.444 e. The minimum atomic E-state index is -0.301. The van der Waals surface area contributed by atoms with Gasteiger partial charge in [0.15, 0.2) is 5.89 Å². The van der Waals surface area contributed by atoms with E-state index in [2.05, 4.69) is 126 Å². The van der Waals surface area contributed by atoms with Gasteiger partial charge in [0.2, 0.25) is 47.7 Å². The van der Waals surface area contributed by atoms with Gasteiger partial charge in [-0.25, -0.2) is 9.97 Å². The molecule has 564 valence electrons. The summed E-state index contributed by atoms with van der Waals surface area (Å²) >= 11 is 3.09.